The molecule has 1 aromatic carbocycles. The first-order chi connectivity index (χ1) is 12.1. The minimum absolute atomic E-state index is 0.0625. The number of urea groups is 1. The second kappa shape index (κ2) is 6.37. The molecule has 1 spiro atoms. The van der Waals surface area contributed by atoms with E-state index in [-0.39, 0.29) is 17.9 Å². The van der Waals surface area contributed by atoms with Crippen molar-refractivity contribution in [1.29, 1.82) is 0 Å². The summed E-state index contributed by atoms with van der Waals surface area (Å²) in [5.41, 5.74) is -0.577. The van der Waals surface area contributed by atoms with Crippen LogP contribution in [-0.2, 0) is 9.59 Å². The molecule has 7 heteroatoms. The standard InChI is InChI=1S/C19H24FN3O3/c1-12-8-18(2,3)11-19(9-12)16(25)23(17(26)22-19)10-15(24)21-14-6-4-13(20)5-7-14/h4-7,12H,8-11H2,1-3H3,(H,21,24)(H,22,26)/t12-,19+/m0/s1. The predicted octanol–water partition coefficient (Wildman–Crippen LogP) is 2.90. The summed E-state index contributed by atoms with van der Waals surface area (Å²) in [7, 11) is 0. The van der Waals surface area contributed by atoms with E-state index >= 15 is 0 Å². The monoisotopic (exact) mass is 361 g/mol. The molecule has 2 fully saturated rings. The highest BCUT2D eigenvalue weighted by atomic mass is 19.1. The summed E-state index contributed by atoms with van der Waals surface area (Å²) in [6.07, 6.45) is 2.13. The zero-order valence-electron chi connectivity index (χ0n) is 15.3. The Labute approximate surface area is 152 Å². The van der Waals surface area contributed by atoms with E-state index in [1.807, 2.05) is 0 Å². The molecule has 2 N–H and O–H groups in total. The number of hydrogen-bond donors (Lipinski definition) is 2. The first-order valence-electron chi connectivity index (χ1n) is 8.80. The van der Waals surface area contributed by atoms with Crippen LogP contribution in [-0.4, -0.2) is 34.8 Å². The first-order valence-corrected chi connectivity index (χ1v) is 8.80. The van der Waals surface area contributed by atoms with Crippen LogP contribution in [0.1, 0.15) is 40.0 Å². The number of imide groups is 1. The molecule has 1 aliphatic heterocycles. The van der Waals surface area contributed by atoms with Crippen LogP contribution in [0, 0.1) is 17.2 Å². The van der Waals surface area contributed by atoms with Gasteiger partial charge in [0.25, 0.3) is 5.91 Å². The fourth-order valence-electron chi connectivity index (χ4n) is 4.53. The van der Waals surface area contributed by atoms with Crippen molar-refractivity contribution in [3.8, 4) is 0 Å². The van der Waals surface area contributed by atoms with Gasteiger partial charge in [0.15, 0.2) is 0 Å². The molecule has 26 heavy (non-hydrogen) atoms. The Morgan fingerprint density at radius 2 is 1.92 bits per heavy atom. The lowest BCUT2D eigenvalue weighted by Gasteiger charge is -2.43. The summed E-state index contributed by atoms with van der Waals surface area (Å²) >= 11 is 0. The Bertz CT molecular complexity index is 747. The van der Waals surface area contributed by atoms with Gasteiger partial charge in [-0.15, -0.1) is 0 Å². The lowest BCUT2D eigenvalue weighted by molar-refractivity contribution is -0.136. The SMILES string of the molecule is C[C@H]1CC(C)(C)C[C@@]2(C1)NC(=O)N(CC(=O)Nc1ccc(F)cc1)C2=O. The Kier molecular flexibility index (Phi) is 4.50. The summed E-state index contributed by atoms with van der Waals surface area (Å²) in [5, 5.41) is 5.41. The van der Waals surface area contributed by atoms with E-state index in [0.29, 0.717) is 24.4 Å². The average Bonchev–Trinajstić information content (AvgIpc) is 2.71. The number of nitrogens with one attached hydrogen (secondary N) is 2. The van der Waals surface area contributed by atoms with Crippen LogP contribution in [0.4, 0.5) is 14.9 Å². The highest BCUT2D eigenvalue weighted by molar-refractivity contribution is 6.10. The summed E-state index contributed by atoms with van der Waals surface area (Å²) in [5.74, 6) is -0.944. The first kappa shape index (κ1) is 18.4. The van der Waals surface area contributed by atoms with E-state index in [4.69, 9.17) is 0 Å². The number of carbonyl (C=O) groups is 3. The minimum atomic E-state index is -0.922. The molecule has 0 bridgehead atoms. The van der Waals surface area contributed by atoms with Gasteiger partial charge in [-0.25, -0.2) is 9.18 Å². The molecule has 1 heterocycles. The van der Waals surface area contributed by atoms with E-state index in [0.717, 1.165) is 11.3 Å². The number of rotatable bonds is 3. The number of halogens is 1. The average molecular weight is 361 g/mol. The molecule has 0 aromatic heterocycles. The van der Waals surface area contributed by atoms with Crippen LogP contribution in [0.15, 0.2) is 24.3 Å². The van der Waals surface area contributed by atoms with E-state index in [9.17, 15) is 18.8 Å². The van der Waals surface area contributed by atoms with Crippen LogP contribution in [0.3, 0.4) is 0 Å². The highest BCUT2D eigenvalue weighted by Gasteiger charge is 2.56. The van der Waals surface area contributed by atoms with E-state index in [2.05, 4.69) is 31.4 Å². The van der Waals surface area contributed by atoms with Crippen molar-refractivity contribution in [3.05, 3.63) is 30.1 Å². The van der Waals surface area contributed by atoms with Gasteiger partial charge in [0.05, 0.1) is 0 Å². The van der Waals surface area contributed by atoms with Crippen molar-refractivity contribution >= 4 is 23.5 Å². The summed E-state index contributed by atoms with van der Waals surface area (Å²) in [6, 6.07) is 4.76. The number of nitrogens with zero attached hydrogens (tertiary/aromatic N) is 1. The number of benzene rings is 1. The van der Waals surface area contributed by atoms with Gasteiger partial charge in [-0.3, -0.25) is 14.5 Å². The molecular formula is C19H24FN3O3. The van der Waals surface area contributed by atoms with Crippen molar-refractivity contribution in [1.82, 2.24) is 10.2 Å². The molecule has 0 radical (unpaired) electrons. The van der Waals surface area contributed by atoms with Gasteiger partial charge in [0.1, 0.15) is 17.9 Å². The number of hydrogen-bond acceptors (Lipinski definition) is 3. The Hall–Kier alpha value is -2.44. The maximum atomic E-state index is 13.0. The lowest BCUT2D eigenvalue weighted by Crippen LogP contribution is -2.54. The highest BCUT2D eigenvalue weighted by Crippen LogP contribution is 2.46. The Morgan fingerprint density at radius 1 is 1.27 bits per heavy atom. The maximum Gasteiger partial charge on any atom is 0.325 e. The third-order valence-corrected chi connectivity index (χ3v) is 5.05. The largest absolute Gasteiger partial charge is 0.325 e. The van der Waals surface area contributed by atoms with E-state index in [1.54, 1.807) is 0 Å². The van der Waals surface area contributed by atoms with Gasteiger partial charge in [0, 0.05) is 5.69 Å². The molecular weight excluding hydrogens is 337 g/mol. The van der Waals surface area contributed by atoms with Crippen LogP contribution in [0.25, 0.3) is 0 Å². The number of anilines is 1. The predicted molar refractivity (Wildman–Crippen MR) is 94.8 cm³/mol. The molecule has 1 saturated heterocycles. The lowest BCUT2D eigenvalue weighted by atomic mass is 9.64. The fourth-order valence-corrected chi connectivity index (χ4v) is 4.53. The van der Waals surface area contributed by atoms with Crippen LogP contribution < -0.4 is 10.6 Å². The van der Waals surface area contributed by atoms with Crippen LogP contribution >= 0.6 is 0 Å². The van der Waals surface area contributed by atoms with Gasteiger partial charge in [-0.1, -0.05) is 20.8 Å². The van der Waals surface area contributed by atoms with E-state index < -0.39 is 23.3 Å². The third-order valence-electron chi connectivity index (χ3n) is 5.05. The topological polar surface area (TPSA) is 78.5 Å². The fraction of sp³-hybridized carbons (Fsp3) is 0.526. The van der Waals surface area contributed by atoms with Gasteiger partial charge in [-0.2, -0.15) is 0 Å². The number of amides is 4. The summed E-state index contributed by atoms with van der Waals surface area (Å²) < 4.78 is 12.9. The zero-order valence-corrected chi connectivity index (χ0v) is 15.3. The molecule has 0 unspecified atom stereocenters. The van der Waals surface area contributed by atoms with Crippen LogP contribution in [0.2, 0.25) is 0 Å². The molecule has 3 rings (SSSR count). The van der Waals surface area contributed by atoms with Gasteiger partial charge in [0.2, 0.25) is 5.91 Å². The molecule has 1 saturated carbocycles. The third kappa shape index (κ3) is 3.57. The number of carbonyl (C=O) groups excluding carboxylic acids is 3. The summed E-state index contributed by atoms with van der Waals surface area (Å²) in [4.78, 5) is 38.6. The van der Waals surface area contributed by atoms with E-state index in [1.165, 1.54) is 24.3 Å². The smallest absolute Gasteiger partial charge is 0.325 e. The minimum Gasteiger partial charge on any atom is -0.325 e. The second-order valence-electron chi connectivity index (χ2n) is 8.31. The summed E-state index contributed by atoms with van der Waals surface area (Å²) in [6.45, 7) is 5.89. The molecule has 2 atom stereocenters. The van der Waals surface area contributed by atoms with Crippen molar-refractivity contribution in [2.45, 2.75) is 45.6 Å². The molecule has 2 aliphatic rings. The maximum absolute atomic E-state index is 13.0. The quantitative estimate of drug-likeness (QED) is 0.813. The molecule has 1 aromatic rings. The molecule has 1 aliphatic carbocycles. The molecule has 4 amide bonds. The van der Waals surface area contributed by atoms with Gasteiger partial charge < -0.3 is 10.6 Å². The normalized spacial score (nSPS) is 27.5. The van der Waals surface area contributed by atoms with Crippen LogP contribution in [0.5, 0.6) is 0 Å². The molecule has 6 nitrogen and oxygen atoms in total. The van der Waals surface area contributed by atoms with Crippen molar-refractivity contribution in [3.63, 3.8) is 0 Å². The van der Waals surface area contributed by atoms with Gasteiger partial charge >= 0.3 is 6.03 Å². The molecule has 140 valence electrons. The zero-order chi connectivity index (χ0) is 19.1. The van der Waals surface area contributed by atoms with Crippen molar-refractivity contribution < 1.29 is 18.8 Å². The van der Waals surface area contributed by atoms with Gasteiger partial charge in [-0.05, 0) is 54.9 Å². The van der Waals surface area contributed by atoms with Crippen molar-refractivity contribution in [2.24, 2.45) is 11.3 Å². The Balaban J connectivity index is 1.71. The van der Waals surface area contributed by atoms with Crippen molar-refractivity contribution in [2.75, 3.05) is 11.9 Å². The second-order valence-corrected chi connectivity index (χ2v) is 8.31. The Morgan fingerprint density at radius 3 is 2.54 bits per heavy atom.